The van der Waals surface area contributed by atoms with E-state index in [2.05, 4.69) is 5.38 Å². The van der Waals surface area contributed by atoms with Gasteiger partial charge in [-0.05, 0) is 60.7 Å². The SMILES string of the molecule is COc1cc(F)ccc1O[C@@H]1CN(C(=O)c2scc3c2CCCC3)CC[C@H]1O. The van der Waals surface area contributed by atoms with Gasteiger partial charge in [0.1, 0.15) is 11.9 Å². The predicted molar refractivity (Wildman–Crippen MR) is 105 cm³/mol. The van der Waals surface area contributed by atoms with Crippen LogP contribution in [-0.2, 0) is 12.8 Å². The van der Waals surface area contributed by atoms with Crippen molar-refractivity contribution in [2.24, 2.45) is 0 Å². The maximum atomic E-state index is 13.4. The third-order valence-electron chi connectivity index (χ3n) is 5.51. The smallest absolute Gasteiger partial charge is 0.264 e. The molecule has 0 radical (unpaired) electrons. The maximum absolute atomic E-state index is 13.4. The molecule has 1 N–H and O–H groups in total. The number of amides is 1. The van der Waals surface area contributed by atoms with Crippen LogP contribution in [0.3, 0.4) is 0 Å². The minimum absolute atomic E-state index is 0.0136. The van der Waals surface area contributed by atoms with E-state index in [0.29, 0.717) is 18.7 Å². The van der Waals surface area contributed by atoms with Crippen LogP contribution >= 0.6 is 11.3 Å². The Labute approximate surface area is 167 Å². The van der Waals surface area contributed by atoms with Crippen LogP contribution in [0.5, 0.6) is 11.5 Å². The number of fused-ring (bicyclic) bond motifs is 1. The lowest BCUT2D eigenvalue weighted by Gasteiger charge is -2.36. The third kappa shape index (κ3) is 3.73. The fourth-order valence-electron chi connectivity index (χ4n) is 3.95. The summed E-state index contributed by atoms with van der Waals surface area (Å²) >= 11 is 1.52. The number of thiophene rings is 1. The summed E-state index contributed by atoms with van der Waals surface area (Å²) in [6.07, 6.45) is 3.47. The summed E-state index contributed by atoms with van der Waals surface area (Å²) in [5.41, 5.74) is 2.51. The highest BCUT2D eigenvalue weighted by atomic mass is 32.1. The van der Waals surface area contributed by atoms with Crippen LogP contribution < -0.4 is 9.47 Å². The van der Waals surface area contributed by atoms with E-state index in [1.54, 1.807) is 4.90 Å². The van der Waals surface area contributed by atoms with E-state index >= 15 is 0 Å². The summed E-state index contributed by atoms with van der Waals surface area (Å²) in [6.45, 7) is 0.778. The van der Waals surface area contributed by atoms with Gasteiger partial charge >= 0.3 is 0 Å². The van der Waals surface area contributed by atoms with Crippen molar-refractivity contribution in [3.05, 3.63) is 45.4 Å². The highest BCUT2D eigenvalue weighted by molar-refractivity contribution is 7.12. The number of carbonyl (C=O) groups is 1. The van der Waals surface area contributed by atoms with Gasteiger partial charge in [0.25, 0.3) is 5.91 Å². The average molecular weight is 405 g/mol. The van der Waals surface area contributed by atoms with Gasteiger partial charge in [-0.3, -0.25) is 4.79 Å². The number of aliphatic hydroxyl groups excluding tert-OH is 1. The van der Waals surface area contributed by atoms with Gasteiger partial charge in [0.05, 0.1) is 24.6 Å². The lowest BCUT2D eigenvalue weighted by molar-refractivity contribution is -0.0199. The molecule has 1 saturated heterocycles. The first kappa shape index (κ1) is 19.2. The number of halogens is 1. The van der Waals surface area contributed by atoms with Crippen LogP contribution in [0.2, 0.25) is 0 Å². The molecule has 0 saturated carbocycles. The Balaban J connectivity index is 1.50. The lowest BCUT2D eigenvalue weighted by Crippen LogP contribution is -2.51. The van der Waals surface area contributed by atoms with Crippen molar-refractivity contribution in [3.8, 4) is 11.5 Å². The number of rotatable bonds is 4. The van der Waals surface area contributed by atoms with E-state index in [1.807, 2.05) is 0 Å². The van der Waals surface area contributed by atoms with Crippen molar-refractivity contribution in [1.82, 2.24) is 4.90 Å². The number of carbonyl (C=O) groups excluding carboxylic acids is 1. The fraction of sp³-hybridized carbons (Fsp3) is 0.476. The molecule has 1 aliphatic carbocycles. The number of ether oxygens (including phenoxy) is 2. The number of piperidine rings is 1. The first-order chi connectivity index (χ1) is 13.6. The fourth-order valence-corrected chi connectivity index (χ4v) is 5.07. The number of aryl methyl sites for hydroxylation is 1. The Kier molecular flexibility index (Phi) is 5.55. The minimum Gasteiger partial charge on any atom is -0.493 e. The Morgan fingerprint density at radius 2 is 2.11 bits per heavy atom. The van der Waals surface area contributed by atoms with Crippen LogP contribution in [0, 0.1) is 5.82 Å². The second-order valence-electron chi connectivity index (χ2n) is 7.33. The number of methoxy groups -OCH3 is 1. The van der Waals surface area contributed by atoms with Crippen molar-refractivity contribution >= 4 is 17.2 Å². The summed E-state index contributed by atoms with van der Waals surface area (Å²) in [6, 6.07) is 4.01. The average Bonchev–Trinajstić information content (AvgIpc) is 3.14. The summed E-state index contributed by atoms with van der Waals surface area (Å²) in [7, 11) is 1.44. The Bertz CT molecular complexity index is 868. The van der Waals surface area contributed by atoms with Crippen molar-refractivity contribution in [3.63, 3.8) is 0 Å². The van der Waals surface area contributed by atoms with Gasteiger partial charge < -0.3 is 19.5 Å². The molecule has 7 heteroatoms. The van der Waals surface area contributed by atoms with Crippen LogP contribution in [0.25, 0.3) is 0 Å². The Morgan fingerprint density at radius 3 is 2.93 bits per heavy atom. The summed E-state index contributed by atoms with van der Waals surface area (Å²) < 4.78 is 24.5. The highest BCUT2D eigenvalue weighted by Crippen LogP contribution is 2.33. The Morgan fingerprint density at radius 1 is 1.29 bits per heavy atom. The van der Waals surface area contributed by atoms with Crippen molar-refractivity contribution in [1.29, 1.82) is 0 Å². The van der Waals surface area contributed by atoms with Crippen LogP contribution in [-0.4, -0.2) is 48.3 Å². The third-order valence-corrected chi connectivity index (χ3v) is 6.57. The highest BCUT2D eigenvalue weighted by Gasteiger charge is 2.34. The predicted octanol–water partition coefficient (Wildman–Crippen LogP) is 3.43. The first-order valence-corrected chi connectivity index (χ1v) is 10.5. The number of aliphatic hydroxyl groups is 1. The quantitative estimate of drug-likeness (QED) is 0.847. The number of nitrogens with zero attached hydrogens (tertiary/aromatic N) is 1. The molecule has 2 heterocycles. The molecule has 1 aliphatic heterocycles. The van der Waals surface area contributed by atoms with E-state index < -0.39 is 18.0 Å². The number of hydrogen-bond acceptors (Lipinski definition) is 5. The molecular weight excluding hydrogens is 381 g/mol. The Hall–Kier alpha value is -2.12. The van der Waals surface area contributed by atoms with E-state index in [1.165, 1.54) is 54.2 Å². The van der Waals surface area contributed by atoms with Crippen molar-refractivity contribution < 1.29 is 23.8 Å². The number of benzene rings is 1. The van der Waals surface area contributed by atoms with Gasteiger partial charge in [-0.15, -0.1) is 11.3 Å². The standard InChI is InChI=1S/C21H24FNO4S/c1-26-18-10-14(22)6-7-17(18)27-19-11-23(9-8-16(19)24)21(25)20-15-5-3-2-4-13(15)12-28-20/h6-7,10,12,16,19,24H,2-5,8-9,11H2,1H3/t16-,19-/m1/s1. The second-order valence-corrected chi connectivity index (χ2v) is 8.21. The van der Waals surface area contributed by atoms with E-state index in [-0.39, 0.29) is 18.2 Å². The first-order valence-electron chi connectivity index (χ1n) is 9.63. The second kappa shape index (κ2) is 8.09. The zero-order valence-electron chi connectivity index (χ0n) is 15.8. The molecule has 1 amide bonds. The molecule has 1 fully saturated rings. The molecule has 2 atom stereocenters. The van der Waals surface area contributed by atoms with Crippen molar-refractivity contribution in [2.45, 2.75) is 44.3 Å². The van der Waals surface area contributed by atoms with E-state index in [4.69, 9.17) is 9.47 Å². The molecule has 0 bridgehead atoms. The maximum Gasteiger partial charge on any atom is 0.264 e. The van der Waals surface area contributed by atoms with Gasteiger partial charge in [0.15, 0.2) is 11.5 Å². The van der Waals surface area contributed by atoms with Crippen LogP contribution in [0.1, 0.15) is 40.1 Å². The molecule has 1 aromatic carbocycles. The van der Waals surface area contributed by atoms with Crippen LogP contribution in [0.15, 0.2) is 23.6 Å². The van der Waals surface area contributed by atoms with Gasteiger partial charge in [0.2, 0.25) is 0 Å². The zero-order chi connectivity index (χ0) is 19.7. The number of hydrogen-bond donors (Lipinski definition) is 1. The topological polar surface area (TPSA) is 59.0 Å². The molecule has 28 heavy (non-hydrogen) atoms. The van der Waals surface area contributed by atoms with Gasteiger partial charge in [-0.1, -0.05) is 0 Å². The largest absolute Gasteiger partial charge is 0.493 e. The molecule has 4 rings (SSSR count). The monoisotopic (exact) mass is 405 g/mol. The van der Waals surface area contributed by atoms with Gasteiger partial charge in [0, 0.05) is 12.6 Å². The molecular formula is C21H24FNO4S. The normalized spacial score (nSPS) is 21.9. The summed E-state index contributed by atoms with van der Waals surface area (Å²) in [4.78, 5) is 15.7. The molecule has 0 unspecified atom stereocenters. The molecule has 0 spiro atoms. The van der Waals surface area contributed by atoms with E-state index in [0.717, 1.165) is 24.1 Å². The summed E-state index contributed by atoms with van der Waals surface area (Å²) in [5.74, 6) is 0.214. The molecule has 150 valence electrons. The zero-order valence-corrected chi connectivity index (χ0v) is 16.6. The van der Waals surface area contributed by atoms with Gasteiger partial charge in [-0.2, -0.15) is 0 Å². The van der Waals surface area contributed by atoms with Crippen molar-refractivity contribution in [2.75, 3.05) is 20.2 Å². The van der Waals surface area contributed by atoms with Gasteiger partial charge in [-0.25, -0.2) is 4.39 Å². The molecule has 5 nitrogen and oxygen atoms in total. The van der Waals surface area contributed by atoms with Crippen LogP contribution in [0.4, 0.5) is 4.39 Å². The summed E-state index contributed by atoms with van der Waals surface area (Å²) in [5, 5.41) is 12.5. The lowest BCUT2D eigenvalue weighted by atomic mass is 9.93. The number of likely N-dealkylation sites (tertiary alicyclic amines) is 1. The molecule has 1 aromatic heterocycles. The molecule has 2 aliphatic rings. The van der Waals surface area contributed by atoms with E-state index in [9.17, 15) is 14.3 Å². The minimum atomic E-state index is -0.698. The molecule has 2 aromatic rings.